The minimum absolute atomic E-state index is 0.0105. The van der Waals surface area contributed by atoms with E-state index in [9.17, 15) is 9.59 Å². The van der Waals surface area contributed by atoms with Gasteiger partial charge in [-0.15, -0.1) is 0 Å². The second kappa shape index (κ2) is 8.46. The van der Waals surface area contributed by atoms with Crippen LogP contribution in [-0.4, -0.2) is 62.1 Å². The molecule has 0 aliphatic carbocycles. The number of nitrogens with one attached hydrogen (secondary N) is 1. The molecule has 7 nitrogen and oxygen atoms in total. The maximum Gasteiger partial charge on any atom is 0.227 e. The Kier molecular flexibility index (Phi) is 5.54. The summed E-state index contributed by atoms with van der Waals surface area (Å²) in [6, 6.07) is 6.16. The molecule has 3 saturated heterocycles. The quantitative estimate of drug-likeness (QED) is 0.819. The molecule has 0 spiro atoms. The van der Waals surface area contributed by atoms with E-state index < -0.39 is 0 Å². The number of rotatable bonds is 4. The number of carbonyl (C=O) groups excluding carboxylic acids is 2. The number of nitrogens with zero attached hydrogens (tertiary/aromatic N) is 2. The van der Waals surface area contributed by atoms with E-state index in [1.807, 2.05) is 18.2 Å². The predicted octanol–water partition coefficient (Wildman–Crippen LogP) is 2.19. The third kappa shape index (κ3) is 3.87. The summed E-state index contributed by atoms with van der Waals surface area (Å²) >= 11 is 0. The Hall–Kier alpha value is -2.28. The molecule has 7 heteroatoms. The van der Waals surface area contributed by atoms with Gasteiger partial charge >= 0.3 is 0 Å². The zero-order valence-electron chi connectivity index (χ0n) is 17.5. The number of amides is 2. The molecular formula is C23H31N3O4. The van der Waals surface area contributed by atoms with Crippen LogP contribution in [0.15, 0.2) is 18.2 Å². The summed E-state index contributed by atoms with van der Waals surface area (Å²) in [6.07, 6.45) is 6.52. The number of piperidine rings is 2. The molecule has 4 aliphatic rings. The average Bonchev–Trinajstić information content (AvgIpc) is 3.19. The van der Waals surface area contributed by atoms with Crippen molar-refractivity contribution in [1.82, 2.24) is 10.2 Å². The Morgan fingerprint density at radius 2 is 1.90 bits per heavy atom. The largest absolute Gasteiger partial charge is 0.486 e. The van der Waals surface area contributed by atoms with E-state index in [0.717, 1.165) is 12.2 Å². The molecule has 0 bridgehead atoms. The van der Waals surface area contributed by atoms with Gasteiger partial charge in [0.25, 0.3) is 0 Å². The smallest absolute Gasteiger partial charge is 0.227 e. The molecule has 0 radical (unpaired) electrons. The van der Waals surface area contributed by atoms with E-state index in [0.29, 0.717) is 43.2 Å². The van der Waals surface area contributed by atoms with Gasteiger partial charge in [-0.3, -0.25) is 9.59 Å². The predicted molar refractivity (Wildman–Crippen MR) is 113 cm³/mol. The summed E-state index contributed by atoms with van der Waals surface area (Å²) < 4.78 is 11.2. The summed E-state index contributed by atoms with van der Waals surface area (Å²) in [4.78, 5) is 29.8. The van der Waals surface area contributed by atoms with Gasteiger partial charge in [-0.25, -0.2) is 0 Å². The van der Waals surface area contributed by atoms with Gasteiger partial charge in [0.1, 0.15) is 13.2 Å². The molecule has 4 heterocycles. The number of hydrogen-bond donors (Lipinski definition) is 1. The molecule has 0 saturated carbocycles. The van der Waals surface area contributed by atoms with Crippen LogP contribution < -0.4 is 19.7 Å². The molecule has 0 aromatic heterocycles. The number of benzene rings is 1. The van der Waals surface area contributed by atoms with E-state index in [4.69, 9.17) is 9.47 Å². The molecule has 2 amide bonds. The Balaban J connectivity index is 1.19. The van der Waals surface area contributed by atoms with Crippen LogP contribution in [0.4, 0.5) is 5.69 Å². The second-order valence-electron chi connectivity index (χ2n) is 8.98. The lowest BCUT2D eigenvalue weighted by Gasteiger charge is -2.44. The molecule has 5 rings (SSSR count). The molecular weight excluding hydrogens is 382 g/mol. The van der Waals surface area contributed by atoms with Crippen molar-refractivity contribution in [3.63, 3.8) is 0 Å². The lowest BCUT2D eigenvalue weighted by Crippen LogP contribution is -2.51. The van der Waals surface area contributed by atoms with Crippen molar-refractivity contribution in [2.24, 2.45) is 11.8 Å². The molecule has 1 aromatic rings. The van der Waals surface area contributed by atoms with E-state index in [1.54, 1.807) is 4.90 Å². The fourth-order valence-electron chi connectivity index (χ4n) is 5.52. The Morgan fingerprint density at radius 1 is 1.07 bits per heavy atom. The lowest BCUT2D eigenvalue weighted by atomic mass is 9.83. The van der Waals surface area contributed by atoms with Crippen LogP contribution in [0, 0.1) is 11.8 Å². The van der Waals surface area contributed by atoms with Crippen LogP contribution in [-0.2, 0) is 9.59 Å². The van der Waals surface area contributed by atoms with Crippen LogP contribution in [0.2, 0.25) is 0 Å². The van der Waals surface area contributed by atoms with Gasteiger partial charge in [0.15, 0.2) is 11.5 Å². The lowest BCUT2D eigenvalue weighted by molar-refractivity contribution is -0.126. The summed E-state index contributed by atoms with van der Waals surface area (Å²) in [5.41, 5.74) is 0.768. The van der Waals surface area contributed by atoms with Crippen LogP contribution >= 0.6 is 0 Å². The highest BCUT2D eigenvalue weighted by atomic mass is 16.6. The Bertz CT molecular complexity index is 812. The second-order valence-corrected chi connectivity index (χ2v) is 8.98. The van der Waals surface area contributed by atoms with E-state index in [-0.39, 0.29) is 24.2 Å². The third-order valence-corrected chi connectivity index (χ3v) is 7.10. The summed E-state index contributed by atoms with van der Waals surface area (Å²) in [5, 5.41) is 3.18. The first-order valence-corrected chi connectivity index (χ1v) is 11.4. The fraction of sp³-hybridized carbons (Fsp3) is 0.652. The van der Waals surface area contributed by atoms with Crippen molar-refractivity contribution in [2.75, 3.05) is 44.3 Å². The van der Waals surface area contributed by atoms with Gasteiger partial charge < -0.3 is 24.6 Å². The highest BCUT2D eigenvalue weighted by molar-refractivity contribution is 6.00. The highest BCUT2D eigenvalue weighted by Crippen LogP contribution is 2.36. The normalized spacial score (nSPS) is 28.9. The first-order valence-electron chi connectivity index (χ1n) is 11.4. The van der Waals surface area contributed by atoms with Crippen molar-refractivity contribution in [3.8, 4) is 11.5 Å². The number of fused-ring (bicyclic) bond motifs is 2. The molecule has 162 valence electrons. The highest BCUT2D eigenvalue weighted by Gasteiger charge is 2.37. The van der Waals surface area contributed by atoms with Gasteiger partial charge in [-0.1, -0.05) is 6.42 Å². The maximum absolute atomic E-state index is 12.9. The standard InChI is InChI=1S/C23H31N3O4/c27-22-12-17(15-26(22)18-6-7-20-21(13-18)30-11-10-29-20)23(28)24-14-16-4-3-9-25-8-2-1-5-19(16)25/h6-7,13,16-17,19H,1-5,8-12,14-15H2,(H,24,28)/t16-,17?,19+/m0/s1. The molecule has 1 unspecified atom stereocenters. The average molecular weight is 414 g/mol. The zero-order valence-corrected chi connectivity index (χ0v) is 17.5. The first-order chi connectivity index (χ1) is 14.7. The molecule has 4 aliphatic heterocycles. The van der Waals surface area contributed by atoms with E-state index in [1.165, 1.54) is 45.2 Å². The monoisotopic (exact) mass is 413 g/mol. The van der Waals surface area contributed by atoms with Crippen molar-refractivity contribution in [1.29, 1.82) is 0 Å². The number of carbonyl (C=O) groups is 2. The Morgan fingerprint density at radius 3 is 2.80 bits per heavy atom. The number of ether oxygens (including phenoxy) is 2. The summed E-state index contributed by atoms with van der Waals surface area (Å²) in [6.45, 7) is 4.61. The topological polar surface area (TPSA) is 71.1 Å². The van der Waals surface area contributed by atoms with Crippen molar-refractivity contribution in [2.45, 2.75) is 44.6 Å². The zero-order chi connectivity index (χ0) is 20.5. The Labute approximate surface area is 177 Å². The van der Waals surface area contributed by atoms with E-state index >= 15 is 0 Å². The molecule has 3 atom stereocenters. The van der Waals surface area contributed by atoms with Crippen LogP contribution in [0.3, 0.4) is 0 Å². The SMILES string of the molecule is O=C(NC[C@@H]1CCCN2CCCC[C@H]12)C1CC(=O)N(c2ccc3c(c2)OCCO3)C1. The molecule has 30 heavy (non-hydrogen) atoms. The fourth-order valence-corrected chi connectivity index (χ4v) is 5.52. The number of anilines is 1. The number of hydrogen-bond acceptors (Lipinski definition) is 5. The van der Waals surface area contributed by atoms with Gasteiger partial charge in [-0.2, -0.15) is 0 Å². The van der Waals surface area contributed by atoms with Gasteiger partial charge in [0, 0.05) is 37.3 Å². The maximum atomic E-state index is 12.9. The van der Waals surface area contributed by atoms with Crippen molar-refractivity contribution >= 4 is 17.5 Å². The molecule has 1 N–H and O–H groups in total. The van der Waals surface area contributed by atoms with Crippen LogP contribution in [0.25, 0.3) is 0 Å². The van der Waals surface area contributed by atoms with Gasteiger partial charge in [0.05, 0.1) is 5.92 Å². The third-order valence-electron chi connectivity index (χ3n) is 7.10. The van der Waals surface area contributed by atoms with Crippen LogP contribution in [0.1, 0.15) is 38.5 Å². The molecule has 1 aromatic carbocycles. The van der Waals surface area contributed by atoms with Crippen LogP contribution in [0.5, 0.6) is 11.5 Å². The van der Waals surface area contributed by atoms with Crippen molar-refractivity contribution in [3.05, 3.63) is 18.2 Å². The summed E-state index contributed by atoms with van der Waals surface area (Å²) in [7, 11) is 0. The van der Waals surface area contributed by atoms with Crippen molar-refractivity contribution < 1.29 is 19.1 Å². The van der Waals surface area contributed by atoms with Gasteiger partial charge in [-0.05, 0) is 56.8 Å². The van der Waals surface area contributed by atoms with Gasteiger partial charge in [0.2, 0.25) is 11.8 Å². The first kappa shape index (κ1) is 19.7. The minimum atomic E-state index is -0.295. The minimum Gasteiger partial charge on any atom is -0.486 e. The molecule has 3 fully saturated rings. The summed E-state index contributed by atoms with van der Waals surface area (Å²) in [5.74, 6) is 1.61. The van der Waals surface area contributed by atoms with E-state index in [2.05, 4.69) is 10.2 Å².